The van der Waals surface area contributed by atoms with Crippen molar-refractivity contribution in [2.45, 2.75) is 76.4 Å². The third kappa shape index (κ3) is 7.49. The van der Waals surface area contributed by atoms with Gasteiger partial charge in [-0.3, -0.25) is 13.9 Å². The minimum Gasteiger partial charge on any atom is -0.352 e. The Hall–Kier alpha value is -3.36. The highest BCUT2D eigenvalue weighted by atomic mass is 35.5. The van der Waals surface area contributed by atoms with E-state index < -0.39 is 28.5 Å². The van der Waals surface area contributed by atoms with E-state index in [1.807, 2.05) is 39.0 Å². The van der Waals surface area contributed by atoms with Crippen LogP contribution in [0.2, 0.25) is 5.02 Å². The lowest BCUT2D eigenvalue weighted by atomic mass is 10.1. The van der Waals surface area contributed by atoms with Crippen molar-refractivity contribution in [3.8, 4) is 0 Å². The number of nitrogens with zero attached hydrogens (tertiary/aromatic N) is 2. The lowest BCUT2D eigenvalue weighted by molar-refractivity contribution is -0.140. The number of benzene rings is 3. The number of nitrogens with one attached hydrogen (secondary N) is 1. The molecule has 218 valence electrons. The van der Waals surface area contributed by atoms with Gasteiger partial charge in [0.1, 0.15) is 12.6 Å². The fourth-order valence-electron chi connectivity index (χ4n) is 5.25. The van der Waals surface area contributed by atoms with Crippen molar-refractivity contribution < 1.29 is 18.0 Å². The van der Waals surface area contributed by atoms with Crippen LogP contribution < -0.4 is 9.62 Å². The van der Waals surface area contributed by atoms with Crippen LogP contribution in [0.4, 0.5) is 5.69 Å². The van der Waals surface area contributed by atoms with Crippen LogP contribution in [-0.2, 0) is 26.2 Å². The average molecular weight is 596 g/mol. The Bertz CT molecular complexity index is 1470. The van der Waals surface area contributed by atoms with Gasteiger partial charge >= 0.3 is 0 Å². The molecule has 3 aromatic carbocycles. The molecule has 41 heavy (non-hydrogen) atoms. The van der Waals surface area contributed by atoms with Gasteiger partial charge in [0.15, 0.2) is 0 Å². The highest BCUT2D eigenvalue weighted by Gasteiger charge is 2.34. The molecule has 4 rings (SSSR count). The van der Waals surface area contributed by atoms with Gasteiger partial charge in [-0.2, -0.15) is 0 Å². The molecule has 0 aromatic heterocycles. The van der Waals surface area contributed by atoms with E-state index in [9.17, 15) is 18.0 Å². The Labute approximate surface area is 248 Å². The van der Waals surface area contributed by atoms with Crippen LogP contribution in [0.3, 0.4) is 0 Å². The Balaban J connectivity index is 1.72. The van der Waals surface area contributed by atoms with Crippen molar-refractivity contribution >= 4 is 39.1 Å². The summed E-state index contributed by atoms with van der Waals surface area (Å²) >= 11 is 6.48. The maximum absolute atomic E-state index is 14.2. The minimum absolute atomic E-state index is 0.0708. The van der Waals surface area contributed by atoms with Gasteiger partial charge in [-0.1, -0.05) is 79.4 Å². The van der Waals surface area contributed by atoms with E-state index in [1.54, 1.807) is 54.6 Å². The Morgan fingerprint density at radius 1 is 0.951 bits per heavy atom. The van der Waals surface area contributed by atoms with Crippen LogP contribution in [0.15, 0.2) is 77.7 Å². The number of sulfonamides is 1. The second kappa shape index (κ2) is 13.5. The van der Waals surface area contributed by atoms with Crippen LogP contribution >= 0.6 is 11.6 Å². The number of halogens is 1. The molecule has 0 heterocycles. The van der Waals surface area contributed by atoms with Crippen LogP contribution in [0, 0.1) is 13.8 Å². The zero-order valence-electron chi connectivity index (χ0n) is 23.8. The van der Waals surface area contributed by atoms with E-state index >= 15 is 0 Å². The fraction of sp³-hybridized carbons (Fsp3) is 0.375. The van der Waals surface area contributed by atoms with E-state index in [4.69, 9.17) is 11.6 Å². The number of carbonyl (C=O) groups is 2. The molecular formula is C32H38ClN3O4S. The molecule has 3 aromatic rings. The van der Waals surface area contributed by atoms with Crippen LogP contribution in [0.25, 0.3) is 0 Å². The number of anilines is 1. The maximum atomic E-state index is 14.2. The summed E-state index contributed by atoms with van der Waals surface area (Å²) < 4.78 is 29.1. The van der Waals surface area contributed by atoms with Gasteiger partial charge in [0.05, 0.1) is 10.6 Å². The van der Waals surface area contributed by atoms with Gasteiger partial charge in [-0.15, -0.1) is 0 Å². The molecule has 1 aliphatic rings. The molecule has 1 saturated carbocycles. The summed E-state index contributed by atoms with van der Waals surface area (Å²) in [6, 6.07) is 20.1. The molecule has 0 spiro atoms. The zero-order valence-corrected chi connectivity index (χ0v) is 25.4. The molecule has 1 unspecified atom stereocenters. The smallest absolute Gasteiger partial charge is 0.264 e. The molecule has 1 atom stereocenters. The molecule has 0 bridgehead atoms. The quantitative estimate of drug-likeness (QED) is 0.294. The molecule has 7 nitrogen and oxygen atoms in total. The summed E-state index contributed by atoms with van der Waals surface area (Å²) in [5.41, 5.74) is 2.83. The number of hydrogen-bond donors (Lipinski definition) is 1. The topological polar surface area (TPSA) is 86.8 Å². The summed E-state index contributed by atoms with van der Waals surface area (Å²) in [6.07, 6.45) is 4.32. The predicted octanol–water partition coefficient (Wildman–Crippen LogP) is 6.02. The molecule has 1 fully saturated rings. The van der Waals surface area contributed by atoms with Crippen LogP contribution in [0.1, 0.15) is 55.7 Å². The van der Waals surface area contributed by atoms with Crippen molar-refractivity contribution in [1.29, 1.82) is 0 Å². The monoisotopic (exact) mass is 595 g/mol. The highest BCUT2D eigenvalue weighted by Crippen LogP contribution is 2.27. The first-order chi connectivity index (χ1) is 19.6. The van der Waals surface area contributed by atoms with E-state index in [0.29, 0.717) is 22.7 Å². The third-order valence-electron chi connectivity index (χ3n) is 7.56. The summed E-state index contributed by atoms with van der Waals surface area (Å²) in [6.45, 7) is 5.20. The highest BCUT2D eigenvalue weighted by molar-refractivity contribution is 7.92. The summed E-state index contributed by atoms with van der Waals surface area (Å²) in [7, 11) is -4.11. The van der Waals surface area contributed by atoms with E-state index in [2.05, 4.69) is 5.32 Å². The number of aryl methyl sites for hydroxylation is 2. The minimum atomic E-state index is -4.11. The summed E-state index contributed by atoms with van der Waals surface area (Å²) in [5.74, 6) is -0.723. The average Bonchev–Trinajstić information content (AvgIpc) is 3.45. The Morgan fingerprint density at radius 2 is 1.63 bits per heavy atom. The van der Waals surface area contributed by atoms with Crippen molar-refractivity contribution in [3.05, 3.63) is 94.5 Å². The second-order valence-electron chi connectivity index (χ2n) is 10.7. The third-order valence-corrected chi connectivity index (χ3v) is 9.72. The van der Waals surface area contributed by atoms with E-state index in [0.717, 1.165) is 41.1 Å². The maximum Gasteiger partial charge on any atom is 0.264 e. The molecule has 0 aliphatic heterocycles. The zero-order chi connectivity index (χ0) is 29.6. The van der Waals surface area contributed by atoms with Gasteiger partial charge in [-0.25, -0.2) is 8.42 Å². The van der Waals surface area contributed by atoms with Crippen LogP contribution in [0.5, 0.6) is 0 Å². The van der Waals surface area contributed by atoms with Gasteiger partial charge in [0, 0.05) is 17.6 Å². The van der Waals surface area contributed by atoms with Gasteiger partial charge in [0.2, 0.25) is 11.8 Å². The Morgan fingerprint density at radius 3 is 2.27 bits per heavy atom. The number of amides is 2. The van der Waals surface area contributed by atoms with Gasteiger partial charge < -0.3 is 10.2 Å². The second-order valence-corrected chi connectivity index (χ2v) is 13.0. The van der Waals surface area contributed by atoms with Crippen molar-refractivity contribution in [1.82, 2.24) is 10.2 Å². The van der Waals surface area contributed by atoms with Gasteiger partial charge in [-0.05, 0) is 74.6 Å². The lowest BCUT2D eigenvalue weighted by Crippen LogP contribution is -2.53. The number of carbonyl (C=O) groups excluding carboxylic acids is 2. The van der Waals surface area contributed by atoms with E-state index in [1.165, 1.54) is 4.90 Å². The number of hydrogen-bond acceptors (Lipinski definition) is 4. The standard InChI is InChI=1S/C32H38ClN3O4S/c1-4-30(32(38)34-26-12-6-7-13-26)35(21-25-11-5-8-15-29(25)33)31(37)22-36(27-14-9-10-24(3)20-27)41(39,40)28-18-16-23(2)17-19-28/h5,8-11,14-20,26,30H,4,6-7,12-13,21-22H2,1-3H3,(H,34,38). The first-order valence-electron chi connectivity index (χ1n) is 14.1. The first-order valence-corrected chi connectivity index (χ1v) is 15.9. The number of rotatable bonds is 11. The largest absolute Gasteiger partial charge is 0.352 e. The van der Waals surface area contributed by atoms with Crippen molar-refractivity contribution in [2.24, 2.45) is 0 Å². The summed E-state index contributed by atoms with van der Waals surface area (Å²) in [4.78, 5) is 29.3. The molecule has 1 N–H and O–H groups in total. The summed E-state index contributed by atoms with van der Waals surface area (Å²) in [5, 5.41) is 3.59. The Kier molecular flexibility index (Phi) is 10.1. The fourth-order valence-corrected chi connectivity index (χ4v) is 6.85. The van der Waals surface area contributed by atoms with Crippen molar-refractivity contribution in [2.75, 3.05) is 10.8 Å². The molecule has 9 heteroatoms. The predicted molar refractivity (Wildman–Crippen MR) is 163 cm³/mol. The molecule has 0 saturated heterocycles. The lowest BCUT2D eigenvalue weighted by Gasteiger charge is -2.34. The molecular weight excluding hydrogens is 558 g/mol. The molecule has 0 radical (unpaired) electrons. The first kappa shape index (κ1) is 30.6. The van der Waals surface area contributed by atoms with E-state index in [-0.39, 0.29) is 23.4 Å². The van der Waals surface area contributed by atoms with Crippen LogP contribution in [-0.4, -0.2) is 43.8 Å². The van der Waals surface area contributed by atoms with Gasteiger partial charge in [0.25, 0.3) is 10.0 Å². The molecule has 1 aliphatic carbocycles. The normalized spacial score (nSPS) is 14.4. The van der Waals surface area contributed by atoms with Crippen molar-refractivity contribution in [3.63, 3.8) is 0 Å². The molecule has 2 amide bonds. The SMILES string of the molecule is CCC(C(=O)NC1CCCC1)N(Cc1ccccc1Cl)C(=O)CN(c1cccc(C)c1)S(=O)(=O)c1ccc(C)cc1.